The summed E-state index contributed by atoms with van der Waals surface area (Å²) in [4.78, 5) is 28.8. The normalized spacial score (nSPS) is 24.7. The second-order valence-corrected chi connectivity index (χ2v) is 13.2. The number of amides is 2. The second kappa shape index (κ2) is 9.66. The molecular weight excluding hydrogens is 522 g/mol. The van der Waals surface area contributed by atoms with Crippen LogP contribution < -0.4 is 5.32 Å². The molecule has 198 valence electrons. The Bertz CT molecular complexity index is 1360. The summed E-state index contributed by atoms with van der Waals surface area (Å²) >= 11 is 5.72. The Morgan fingerprint density at radius 2 is 1.76 bits per heavy atom. The van der Waals surface area contributed by atoms with E-state index in [-0.39, 0.29) is 38.9 Å². The van der Waals surface area contributed by atoms with Crippen molar-refractivity contribution in [3.8, 4) is 0 Å². The smallest absolute Gasteiger partial charge is 0.254 e. The van der Waals surface area contributed by atoms with Crippen molar-refractivity contribution in [3.05, 3.63) is 64.2 Å². The van der Waals surface area contributed by atoms with Gasteiger partial charge in [0.25, 0.3) is 5.91 Å². The maximum absolute atomic E-state index is 14.7. The van der Waals surface area contributed by atoms with Gasteiger partial charge < -0.3 is 10.2 Å². The number of carbonyl (C=O) groups excluding carboxylic acids is 2. The van der Waals surface area contributed by atoms with E-state index in [0.717, 1.165) is 25.0 Å². The molecule has 0 spiro atoms. The van der Waals surface area contributed by atoms with Crippen LogP contribution in [0.15, 0.2) is 41.3 Å². The molecule has 2 aromatic rings. The highest BCUT2D eigenvalue weighted by atomic mass is 35.5. The Hall–Kier alpha value is -2.52. The lowest BCUT2D eigenvalue weighted by molar-refractivity contribution is -0.126. The summed E-state index contributed by atoms with van der Waals surface area (Å²) in [5, 5.41) is 2.15. The van der Waals surface area contributed by atoms with Crippen molar-refractivity contribution in [2.45, 2.75) is 74.2 Å². The first kappa shape index (κ1) is 26.1. The number of sulfone groups is 1. The Labute approximate surface area is 220 Å². The van der Waals surface area contributed by atoms with E-state index < -0.39 is 50.6 Å². The first-order chi connectivity index (χ1) is 17.5. The number of nitrogens with zero attached hydrogens (tertiary/aromatic N) is 1. The van der Waals surface area contributed by atoms with E-state index in [4.69, 9.17) is 11.6 Å². The van der Waals surface area contributed by atoms with Crippen LogP contribution in [0.2, 0.25) is 5.02 Å². The summed E-state index contributed by atoms with van der Waals surface area (Å²) in [6.45, 7) is 3.80. The largest absolute Gasteiger partial charge is 0.347 e. The van der Waals surface area contributed by atoms with Crippen LogP contribution in [-0.2, 0) is 14.6 Å². The summed E-state index contributed by atoms with van der Waals surface area (Å²) in [5.41, 5.74) is 0.234. The van der Waals surface area contributed by atoms with E-state index in [0.29, 0.717) is 19.3 Å². The van der Waals surface area contributed by atoms with Gasteiger partial charge in [0.05, 0.1) is 21.2 Å². The molecule has 3 aliphatic rings. The minimum absolute atomic E-state index is 0.00201. The SMILES string of the molecule is C[C@@H]1C[C@H](C(=O)N[C@@H](c2cc(F)c(Cl)cc2F)C2CC2)N(C(=O)c2cccc(S(=O)(=O)C3CC3)c2)[C@@H]1C. The van der Waals surface area contributed by atoms with Crippen LogP contribution in [0, 0.1) is 23.5 Å². The van der Waals surface area contributed by atoms with Crippen molar-refractivity contribution >= 4 is 33.3 Å². The molecule has 0 radical (unpaired) electrons. The van der Waals surface area contributed by atoms with Gasteiger partial charge in [0.2, 0.25) is 5.91 Å². The fraction of sp³-hybridized carbons (Fsp3) is 0.481. The van der Waals surface area contributed by atoms with Crippen LogP contribution in [0.1, 0.15) is 67.9 Å². The topological polar surface area (TPSA) is 83.6 Å². The predicted octanol–water partition coefficient (Wildman–Crippen LogP) is 5.06. The molecular formula is C27H29ClF2N2O4S. The van der Waals surface area contributed by atoms with E-state index in [2.05, 4.69) is 5.32 Å². The number of halogens is 3. The van der Waals surface area contributed by atoms with Crippen molar-refractivity contribution in [1.82, 2.24) is 10.2 Å². The molecule has 10 heteroatoms. The van der Waals surface area contributed by atoms with E-state index in [9.17, 15) is 26.8 Å². The average molecular weight is 551 g/mol. The van der Waals surface area contributed by atoms with Crippen LogP contribution in [0.25, 0.3) is 0 Å². The highest BCUT2D eigenvalue weighted by Crippen LogP contribution is 2.43. The lowest BCUT2D eigenvalue weighted by Crippen LogP contribution is -2.49. The standard InChI is InChI=1S/C27H29ClF2N2O4S/c1-14-10-24(26(33)31-25(16-6-7-16)20-12-23(30)21(28)13-22(20)29)32(15(14)2)27(34)17-4-3-5-19(11-17)37(35,36)18-8-9-18/h3-5,11-16,18,24-25H,6-10H2,1-2H3,(H,31,33)/t14-,15-,24-,25-/m1/s1. The molecule has 1 saturated heterocycles. The third-order valence-corrected chi connectivity index (χ3v) is 10.4. The highest BCUT2D eigenvalue weighted by molar-refractivity contribution is 7.92. The minimum atomic E-state index is -3.48. The molecule has 0 aromatic heterocycles. The summed E-state index contributed by atoms with van der Waals surface area (Å²) in [5.74, 6) is -2.38. The molecule has 37 heavy (non-hydrogen) atoms. The molecule has 2 aliphatic carbocycles. The highest BCUT2D eigenvalue weighted by Gasteiger charge is 2.45. The van der Waals surface area contributed by atoms with Crippen molar-refractivity contribution in [2.75, 3.05) is 0 Å². The Morgan fingerprint density at radius 3 is 2.41 bits per heavy atom. The van der Waals surface area contributed by atoms with Crippen LogP contribution in [-0.4, -0.2) is 42.5 Å². The van der Waals surface area contributed by atoms with E-state index in [1.54, 1.807) is 12.1 Å². The number of benzene rings is 2. The van der Waals surface area contributed by atoms with Gasteiger partial charge in [0.15, 0.2) is 9.84 Å². The zero-order valence-electron chi connectivity index (χ0n) is 20.6. The fourth-order valence-electron chi connectivity index (χ4n) is 5.21. The molecule has 0 unspecified atom stereocenters. The van der Waals surface area contributed by atoms with Crippen molar-refractivity contribution < 1.29 is 26.8 Å². The lowest BCUT2D eigenvalue weighted by atomic mass is 9.99. The molecule has 2 saturated carbocycles. The number of hydrogen-bond acceptors (Lipinski definition) is 4. The Kier molecular flexibility index (Phi) is 6.81. The maximum Gasteiger partial charge on any atom is 0.254 e. The van der Waals surface area contributed by atoms with Crippen LogP contribution in [0.3, 0.4) is 0 Å². The van der Waals surface area contributed by atoms with E-state index in [1.807, 2.05) is 13.8 Å². The molecule has 4 atom stereocenters. The fourth-order valence-corrected chi connectivity index (χ4v) is 7.06. The molecule has 0 bridgehead atoms. The molecule has 5 rings (SSSR count). The maximum atomic E-state index is 14.7. The summed E-state index contributed by atoms with van der Waals surface area (Å²) in [7, 11) is -3.48. The van der Waals surface area contributed by atoms with Gasteiger partial charge in [-0.25, -0.2) is 17.2 Å². The Morgan fingerprint density at radius 1 is 1.05 bits per heavy atom. The minimum Gasteiger partial charge on any atom is -0.347 e. The van der Waals surface area contributed by atoms with Gasteiger partial charge in [-0.1, -0.05) is 24.6 Å². The third kappa shape index (κ3) is 5.00. The molecule has 1 N–H and O–H groups in total. The quantitative estimate of drug-likeness (QED) is 0.488. The number of carbonyl (C=O) groups is 2. The van der Waals surface area contributed by atoms with Gasteiger partial charge in [0.1, 0.15) is 17.7 Å². The average Bonchev–Trinajstić information content (AvgIpc) is 3.77. The van der Waals surface area contributed by atoms with Crippen molar-refractivity contribution in [1.29, 1.82) is 0 Å². The van der Waals surface area contributed by atoms with Gasteiger partial charge in [-0.2, -0.15) is 0 Å². The number of hydrogen-bond donors (Lipinski definition) is 1. The number of rotatable bonds is 7. The zero-order chi connectivity index (χ0) is 26.6. The Balaban J connectivity index is 1.41. The number of likely N-dealkylation sites (tertiary alicyclic amines) is 1. The van der Waals surface area contributed by atoms with Gasteiger partial charge in [-0.05, 0) is 81.2 Å². The van der Waals surface area contributed by atoms with Crippen LogP contribution in [0.5, 0.6) is 0 Å². The van der Waals surface area contributed by atoms with Crippen LogP contribution >= 0.6 is 11.6 Å². The second-order valence-electron chi connectivity index (χ2n) is 10.6. The molecule has 1 aliphatic heterocycles. The van der Waals surface area contributed by atoms with Crippen molar-refractivity contribution in [2.24, 2.45) is 11.8 Å². The molecule has 2 aromatic carbocycles. The molecule has 3 fully saturated rings. The molecule has 2 amide bonds. The summed E-state index contributed by atoms with van der Waals surface area (Å²) in [6.07, 6.45) is 3.15. The van der Waals surface area contributed by atoms with E-state index >= 15 is 0 Å². The van der Waals surface area contributed by atoms with Gasteiger partial charge in [-0.15, -0.1) is 0 Å². The number of nitrogens with one attached hydrogen (secondary N) is 1. The van der Waals surface area contributed by atoms with Crippen molar-refractivity contribution in [3.63, 3.8) is 0 Å². The van der Waals surface area contributed by atoms with Gasteiger partial charge >= 0.3 is 0 Å². The summed E-state index contributed by atoms with van der Waals surface area (Å²) in [6, 6.07) is 6.06. The first-order valence-corrected chi connectivity index (χ1v) is 14.5. The zero-order valence-corrected chi connectivity index (χ0v) is 22.2. The van der Waals surface area contributed by atoms with E-state index in [1.165, 1.54) is 17.0 Å². The first-order valence-electron chi connectivity index (χ1n) is 12.6. The lowest BCUT2D eigenvalue weighted by Gasteiger charge is -2.30. The van der Waals surface area contributed by atoms with Gasteiger partial charge in [-0.3, -0.25) is 9.59 Å². The monoisotopic (exact) mass is 550 g/mol. The molecule has 6 nitrogen and oxygen atoms in total. The van der Waals surface area contributed by atoms with Crippen LogP contribution in [0.4, 0.5) is 8.78 Å². The summed E-state index contributed by atoms with van der Waals surface area (Å²) < 4.78 is 54.3. The third-order valence-electron chi connectivity index (χ3n) is 7.87. The molecule has 1 heterocycles. The predicted molar refractivity (Wildman–Crippen MR) is 135 cm³/mol. The van der Waals surface area contributed by atoms with Gasteiger partial charge in [0, 0.05) is 17.2 Å².